The number of carbonyl (C=O) groups is 1. The fourth-order valence-corrected chi connectivity index (χ4v) is 1.96. The number of nitrogens with one attached hydrogen (secondary N) is 2. The third-order valence-electron chi connectivity index (χ3n) is 2.58. The second-order valence-corrected chi connectivity index (χ2v) is 6.05. The van der Waals surface area contributed by atoms with Gasteiger partial charge < -0.3 is 5.43 Å². The van der Waals surface area contributed by atoms with Crippen molar-refractivity contribution in [3.63, 3.8) is 0 Å². The van der Waals surface area contributed by atoms with Crippen molar-refractivity contribution < 1.29 is 4.79 Å². The minimum absolute atomic E-state index is 0.190. The van der Waals surface area contributed by atoms with E-state index in [-0.39, 0.29) is 11.3 Å². The standard InChI is InChI=1S/C12H16N6OS/c1-12(2,3)8-4-7(5-9(15-8)17-13)10(19)16-11-18-14-6-20-11/h4-6H,13H2,1-3H3,(H,15,17)(H,16,18,19). The maximum Gasteiger partial charge on any atom is 0.257 e. The Kier molecular flexibility index (Phi) is 3.96. The van der Waals surface area contributed by atoms with Crippen LogP contribution in [0.5, 0.6) is 0 Å². The molecule has 0 saturated carbocycles. The van der Waals surface area contributed by atoms with E-state index in [1.165, 1.54) is 11.3 Å². The highest BCUT2D eigenvalue weighted by Crippen LogP contribution is 2.23. The van der Waals surface area contributed by atoms with Crippen LogP contribution < -0.4 is 16.6 Å². The Morgan fingerprint density at radius 2 is 2.10 bits per heavy atom. The average molecular weight is 292 g/mol. The Hall–Kier alpha value is -2.06. The molecule has 0 aliphatic heterocycles. The lowest BCUT2D eigenvalue weighted by molar-refractivity contribution is 0.102. The van der Waals surface area contributed by atoms with Gasteiger partial charge in [0.2, 0.25) is 5.13 Å². The summed E-state index contributed by atoms with van der Waals surface area (Å²) in [5.41, 5.74) is 5.08. The van der Waals surface area contributed by atoms with Crippen LogP contribution in [0.4, 0.5) is 10.9 Å². The normalized spacial score (nSPS) is 11.2. The summed E-state index contributed by atoms with van der Waals surface area (Å²) in [6.07, 6.45) is 0. The molecule has 2 heterocycles. The summed E-state index contributed by atoms with van der Waals surface area (Å²) in [6.45, 7) is 6.05. The number of anilines is 2. The van der Waals surface area contributed by atoms with Crippen LogP contribution in [-0.2, 0) is 5.41 Å². The molecule has 0 radical (unpaired) electrons. The lowest BCUT2D eigenvalue weighted by Gasteiger charge is -2.19. The van der Waals surface area contributed by atoms with Gasteiger partial charge >= 0.3 is 0 Å². The third kappa shape index (κ3) is 3.28. The van der Waals surface area contributed by atoms with Crippen molar-refractivity contribution in [2.75, 3.05) is 10.7 Å². The first kappa shape index (κ1) is 14.4. The van der Waals surface area contributed by atoms with Crippen LogP contribution >= 0.6 is 11.3 Å². The average Bonchev–Trinajstić information content (AvgIpc) is 2.90. The Balaban J connectivity index is 2.33. The Morgan fingerprint density at radius 1 is 1.35 bits per heavy atom. The van der Waals surface area contributed by atoms with Gasteiger partial charge in [-0.1, -0.05) is 32.1 Å². The van der Waals surface area contributed by atoms with E-state index in [9.17, 15) is 4.79 Å². The van der Waals surface area contributed by atoms with Crippen molar-refractivity contribution in [2.24, 2.45) is 5.84 Å². The van der Waals surface area contributed by atoms with E-state index < -0.39 is 0 Å². The number of carbonyl (C=O) groups excluding carboxylic acids is 1. The minimum Gasteiger partial charge on any atom is -0.308 e. The molecule has 2 aromatic heterocycles. The zero-order valence-corrected chi connectivity index (χ0v) is 12.3. The fourth-order valence-electron chi connectivity index (χ4n) is 1.52. The monoisotopic (exact) mass is 292 g/mol. The summed E-state index contributed by atoms with van der Waals surface area (Å²) >= 11 is 1.26. The molecular weight excluding hydrogens is 276 g/mol. The summed E-state index contributed by atoms with van der Waals surface area (Å²) in [5.74, 6) is 5.57. The Labute approximate surface area is 120 Å². The van der Waals surface area contributed by atoms with E-state index in [0.29, 0.717) is 16.5 Å². The largest absolute Gasteiger partial charge is 0.308 e. The smallest absolute Gasteiger partial charge is 0.257 e. The molecule has 106 valence electrons. The van der Waals surface area contributed by atoms with Gasteiger partial charge in [0.1, 0.15) is 11.3 Å². The molecule has 1 amide bonds. The second kappa shape index (κ2) is 5.51. The summed E-state index contributed by atoms with van der Waals surface area (Å²) in [7, 11) is 0. The molecule has 0 spiro atoms. The Bertz CT molecular complexity index is 605. The van der Waals surface area contributed by atoms with Crippen molar-refractivity contribution in [3.8, 4) is 0 Å². The van der Waals surface area contributed by atoms with Gasteiger partial charge in [-0.25, -0.2) is 10.8 Å². The van der Waals surface area contributed by atoms with Crippen molar-refractivity contribution in [2.45, 2.75) is 26.2 Å². The van der Waals surface area contributed by atoms with Gasteiger partial charge in [0.05, 0.1) is 0 Å². The molecule has 0 aliphatic rings. The molecule has 0 bridgehead atoms. The first-order valence-electron chi connectivity index (χ1n) is 5.97. The summed E-state index contributed by atoms with van der Waals surface area (Å²) < 4.78 is 0. The molecule has 8 heteroatoms. The van der Waals surface area contributed by atoms with Gasteiger partial charge in [-0.3, -0.25) is 10.1 Å². The summed E-state index contributed by atoms with van der Waals surface area (Å²) in [4.78, 5) is 16.6. The molecule has 7 nitrogen and oxygen atoms in total. The summed E-state index contributed by atoms with van der Waals surface area (Å²) in [5, 5.41) is 10.6. The zero-order chi connectivity index (χ0) is 14.8. The van der Waals surface area contributed by atoms with Crippen LogP contribution in [0.15, 0.2) is 17.6 Å². The lowest BCUT2D eigenvalue weighted by atomic mass is 9.90. The van der Waals surface area contributed by atoms with Gasteiger partial charge in [-0.2, -0.15) is 0 Å². The van der Waals surface area contributed by atoms with Gasteiger partial charge in [0.25, 0.3) is 5.91 Å². The second-order valence-electron chi connectivity index (χ2n) is 5.22. The predicted molar refractivity (Wildman–Crippen MR) is 78.6 cm³/mol. The third-order valence-corrected chi connectivity index (χ3v) is 3.19. The van der Waals surface area contributed by atoms with Crippen molar-refractivity contribution >= 4 is 28.2 Å². The van der Waals surface area contributed by atoms with E-state index in [2.05, 4.69) is 25.9 Å². The highest BCUT2D eigenvalue weighted by molar-refractivity contribution is 7.13. The van der Waals surface area contributed by atoms with Crippen molar-refractivity contribution in [1.29, 1.82) is 0 Å². The number of pyridine rings is 1. The van der Waals surface area contributed by atoms with Gasteiger partial charge in [-0.15, -0.1) is 10.2 Å². The molecule has 0 fully saturated rings. The first-order chi connectivity index (χ1) is 9.40. The zero-order valence-electron chi connectivity index (χ0n) is 11.5. The quantitative estimate of drug-likeness (QED) is 0.588. The molecule has 0 unspecified atom stereocenters. The van der Waals surface area contributed by atoms with E-state index in [4.69, 9.17) is 5.84 Å². The number of hydrogen-bond donors (Lipinski definition) is 3. The van der Waals surface area contributed by atoms with Crippen LogP contribution in [0.3, 0.4) is 0 Å². The van der Waals surface area contributed by atoms with E-state index >= 15 is 0 Å². The van der Waals surface area contributed by atoms with Crippen molar-refractivity contribution in [3.05, 3.63) is 28.9 Å². The van der Waals surface area contributed by atoms with E-state index in [1.54, 1.807) is 17.6 Å². The van der Waals surface area contributed by atoms with Gasteiger partial charge in [-0.05, 0) is 12.1 Å². The number of nitrogens with zero attached hydrogens (tertiary/aromatic N) is 3. The van der Waals surface area contributed by atoms with E-state index in [0.717, 1.165) is 5.69 Å². The van der Waals surface area contributed by atoms with Crippen LogP contribution in [0.1, 0.15) is 36.8 Å². The fraction of sp³-hybridized carbons (Fsp3) is 0.333. The van der Waals surface area contributed by atoms with Gasteiger partial charge in [0, 0.05) is 16.7 Å². The highest BCUT2D eigenvalue weighted by Gasteiger charge is 2.19. The first-order valence-corrected chi connectivity index (χ1v) is 6.85. The maximum absolute atomic E-state index is 12.2. The number of hydrazine groups is 1. The lowest BCUT2D eigenvalue weighted by Crippen LogP contribution is -2.20. The summed E-state index contributed by atoms with van der Waals surface area (Å²) in [6, 6.07) is 3.34. The van der Waals surface area contributed by atoms with Gasteiger partial charge in [0.15, 0.2) is 0 Å². The number of nitrogens with two attached hydrogens (primary N) is 1. The Morgan fingerprint density at radius 3 is 2.65 bits per heavy atom. The highest BCUT2D eigenvalue weighted by atomic mass is 32.1. The molecule has 4 N–H and O–H groups in total. The molecule has 20 heavy (non-hydrogen) atoms. The van der Waals surface area contributed by atoms with Crippen LogP contribution in [0, 0.1) is 0 Å². The predicted octanol–water partition coefficient (Wildman–Crippen LogP) is 1.77. The van der Waals surface area contributed by atoms with Crippen LogP contribution in [0.2, 0.25) is 0 Å². The molecule has 0 aliphatic carbocycles. The van der Waals surface area contributed by atoms with Crippen LogP contribution in [0.25, 0.3) is 0 Å². The molecule has 0 atom stereocenters. The maximum atomic E-state index is 12.2. The SMILES string of the molecule is CC(C)(C)c1cc(C(=O)Nc2nncs2)cc(NN)n1. The molecular formula is C12H16N6OS. The number of nitrogen functional groups attached to an aromatic ring is 1. The molecule has 0 aromatic carbocycles. The minimum atomic E-state index is -0.272. The van der Waals surface area contributed by atoms with E-state index in [1.807, 2.05) is 20.8 Å². The molecule has 0 saturated heterocycles. The number of rotatable bonds is 3. The number of aromatic nitrogens is 3. The number of hydrogen-bond acceptors (Lipinski definition) is 7. The molecule has 2 aromatic rings. The van der Waals surface area contributed by atoms with Crippen LogP contribution in [-0.4, -0.2) is 21.1 Å². The topological polar surface area (TPSA) is 106 Å². The van der Waals surface area contributed by atoms with Crippen molar-refractivity contribution in [1.82, 2.24) is 15.2 Å². The molecule has 2 rings (SSSR count). The number of amides is 1.